The van der Waals surface area contributed by atoms with Gasteiger partial charge in [-0.2, -0.15) is 5.10 Å². The van der Waals surface area contributed by atoms with E-state index in [1.807, 2.05) is 6.92 Å². The van der Waals surface area contributed by atoms with Crippen molar-refractivity contribution in [2.75, 3.05) is 4.72 Å². The molecular formula is C14H17N3O4S. The Labute approximate surface area is 128 Å². The molecular weight excluding hydrogens is 306 g/mol. The topological polar surface area (TPSA) is 101 Å². The summed E-state index contributed by atoms with van der Waals surface area (Å²) in [6.07, 6.45) is 2.63. The van der Waals surface area contributed by atoms with Gasteiger partial charge in [-0.05, 0) is 38.0 Å². The molecule has 0 saturated heterocycles. The number of benzene rings is 1. The number of aromatic carboxylic acids is 1. The SMILES string of the molecule is CCn1cc(S(=O)(=O)Nc2c(C)cc(C)cc2C(=O)O)cn1. The molecule has 0 aliphatic carbocycles. The summed E-state index contributed by atoms with van der Waals surface area (Å²) in [6.45, 7) is 5.79. The van der Waals surface area contributed by atoms with Crippen LogP contribution in [0.1, 0.15) is 28.4 Å². The summed E-state index contributed by atoms with van der Waals surface area (Å²) in [5.74, 6) is -1.19. The van der Waals surface area contributed by atoms with Crippen LogP contribution in [0, 0.1) is 13.8 Å². The first-order valence-electron chi connectivity index (χ1n) is 6.64. The van der Waals surface area contributed by atoms with Crippen LogP contribution < -0.4 is 4.72 Å². The molecule has 2 N–H and O–H groups in total. The first kappa shape index (κ1) is 16.0. The van der Waals surface area contributed by atoms with Crippen molar-refractivity contribution in [2.45, 2.75) is 32.2 Å². The number of sulfonamides is 1. The van der Waals surface area contributed by atoms with E-state index >= 15 is 0 Å². The van der Waals surface area contributed by atoms with Gasteiger partial charge in [-0.25, -0.2) is 13.2 Å². The van der Waals surface area contributed by atoms with Crippen molar-refractivity contribution in [2.24, 2.45) is 0 Å². The highest BCUT2D eigenvalue weighted by Crippen LogP contribution is 2.25. The Morgan fingerprint density at radius 1 is 1.36 bits per heavy atom. The Morgan fingerprint density at radius 3 is 2.59 bits per heavy atom. The summed E-state index contributed by atoms with van der Waals surface area (Å²) < 4.78 is 28.6. The van der Waals surface area contributed by atoms with E-state index in [-0.39, 0.29) is 16.1 Å². The highest BCUT2D eigenvalue weighted by atomic mass is 32.2. The molecule has 2 aromatic rings. The second-order valence-corrected chi connectivity index (χ2v) is 6.63. The quantitative estimate of drug-likeness (QED) is 0.876. The van der Waals surface area contributed by atoms with Crippen LogP contribution in [0.5, 0.6) is 0 Å². The molecule has 0 atom stereocenters. The number of nitrogens with one attached hydrogen (secondary N) is 1. The molecule has 0 aliphatic heterocycles. The molecule has 0 radical (unpaired) electrons. The Morgan fingerprint density at radius 2 is 2.05 bits per heavy atom. The number of hydrogen-bond donors (Lipinski definition) is 2. The molecule has 1 aromatic carbocycles. The van der Waals surface area contributed by atoms with Crippen LogP contribution in [-0.2, 0) is 16.6 Å². The number of aromatic nitrogens is 2. The van der Waals surface area contributed by atoms with Crippen LogP contribution in [-0.4, -0.2) is 29.3 Å². The minimum Gasteiger partial charge on any atom is -0.478 e. The smallest absolute Gasteiger partial charge is 0.337 e. The lowest BCUT2D eigenvalue weighted by atomic mass is 10.0. The number of carbonyl (C=O) groups is 1. The Balaban J connectivity index is 2.48. The van der Waals surface area contributed by atoms with Crippen LogP contribution in [0.15, 0.2) is 29.4 Å². The minimum absolute atomic E-state index is 0.00864. The number of anilines is 1. The number of hydrogen-bond acceptors (Lipinski definition) is 4. The molecule has 2 rings (SSSR count). The predicted octanol–water partition coefficient (Wildman–Crippen LogP) is 2.02. The maximum Gasteiger partial charge on any atom is 0.337 e. The van der Waals surface area contributed by atoms with Gasteiger partial charge in [0.15, 0.2) is 0 Å². The number of nitrogens with zero attached hydrogens (tertiary/aromatic N) is 2. The zero-order valence-corrected chi connectivity index (χ0v) is 13.3. The fraction of sp³-hybridized carbons (Fsp3) is 0.286. The van der Waals surface area contributed by atoms with Gasteiger partial charge in [-0.3, -0.25) is 9.40 Å². The second kappa shape index (κ2) is 5.80. The van der Waals surface area contributed by atoms with Gasteiger partial charge in [0.25, 0.3) is 10.0 Å². The molecule has 0 amide bonds. The Kier molecular flexibility index (Phi) is 4.23. The van der Waals surface area contributed by atoms with Crippen LogP contribution in [0.25, 0.3) is 0 Å². The van der Waals surface area contributed by atoms with Crippen molar-refractivity contribution >= 4 is 21.7 Å². The molecule has 0 saturated carbocycles. The van der Waals surface area contributed by atoms with E-state index in [0.717, 1.165) is 5.56 Å². The van der Waals surface area contributed by atoms with Gasteiger partial charge in [0.2, 0.25) is 0 Å². The van der Waals surface area contributed by atoms with Crippen LogP contribution >= 0.6 is 0 Å². The molecule has 0 fully saturated rings. The van der Waals surface area contributed by atoms with Crippen molar-refractivity contribution in [3.63, 3.8) is 0 Å². The van der Waals surface area contributed by atoms with Crippen LogP contribution in [0.2, 0.25) is 0 Å². The lowest BCUT2D eigenvalue weighted by Gasteiger charge is -2.13. The summed E-state index contributed by atoms with van der Waals surface area (Å²) in [4.78, 5) is 11.3. The fourth-order valence-corrected chi connectivity index (χ4v) is 3.23. The van der Waals surface area contributed by atoms with Gasteiger partial charge >= 0.3 is 5.97 Å². The highest BCUT2D eigenvalue weighted by molar-refractivity contribution is 7.92. The largest absolute Gasteiger partial charge is 0.478 e. The molecule has 0 bridgehead atoms. The third kappa shape index (κ3) is 3.11. The van der Waals surface area contributed by atoms with Crippen molar-refractivity contribution < 1.29 is 18.3 Å². The van der Waals surface area contributed by atoms with E-state index in [4.69, 9.17) is 0 Å². The van der Waals surface area contributed by atoms with Crippen molar-refractivity contribution in [1.29, 1.82) is 0 Å². The zero-order valence-electron chi connectivity index (χ0n) is 12.5. The third-order valence-electron chi connectivity index (χ3n) is 3.19. The van der Waals surface area contributed by atoms with E-state index < -0.39 is 16.0 Å². The van der Waals surface area contributed by atoms with E-state index in [9.17, 15) is 18.3 Å². The molecule has 7 nitrogen and oxygen atoms in total. The summed E-state index contributed by atoms with van der Waals surface area (Å²) in [5.41, 5.74) is 1.28. The van der Waals surface area contributed by atoms with Crippen LogP contribution in [0.3, 0.4) is 0 Å². The number of carboxylic acid groups (broad SMARTS) is 1. The van der Waals surface area contributed by atoms with E-state index in [1.54, 1.807) is 19.9 Å². The molecule has 118 valence electrons. The van der Waals surface area contributed by atoms with Gasteiger partial charge < -0.3 is 5.11 Å². The van der Waals surface area contributed by atoms with Gasteiger partial charge in [-0.1, -0.05) is 6.07 Å². The molecule has 0 aliphatic rings. The first-order chi connectivity index (χ1) is 10.2. The first-order valence-corrected chi connectivity index (χ1v) is 8.12. The highest BCUT2D eigenvalue weighted by Gasteiger charge is 2.21. The molecule has 1 aromatic heterocycles. The third-order valence-corrected chi connectivity index (χ3v) is 4.49. The molecule has 8 heteroatoms. The summed E-state index contributed by atoms with van der Waals surface area (Å²) in [6, 6.07) is 3.16. The second-order valence-electron chi connectivity index (χ2n) is 4.95. The zero-order chi connectivity index (χ0) is 16.5. The van der Waals surface area contributed by atoms with Crippen molar-refractivity contribution in [3.05, 3.63) is 41.2 Å². The minimum atomic E-state index is -3.89. The van der Waals surface area contributed by atoms with Crippen LogP contribution in [0.4, 0.5) is 5.69 Å². The van der Waals surface area contributed by atoms with E-state index in [0.29, 0.717) is 12.1 Å². The maximum absolute atomic E-state index is 12.4. The maximum atomic E-state index is 12.4. The number of rotatable bonds is 5. The standard InChI is InChI=1S/C14H17N3O4S/c1-4-17-8-11(7-15-17)22(20,21)16-13-10(3)5-9(2)6-12(13)14(18)19/h5-8,16H,4H2,1-3H3,(H,18,19). The monoisotopic (exact) mass is 323 g/mol. The number of carboxylic acids is 1. The normalized spacial score (nSPS) is 11.4. The molecule has 1 heterocycles. The van der Waals surface area contributed by atoms with E-state index in [2.05, 4.69) is 9.82 Å². The predicted molar refractivity (Wildman–Crippen MR) is 81.6 cm³/mol. The van der Waals surface area contributed by atoms with Crippen molar-refractivity contribution in [3.8, 4) is 0 Å². The molecule has 22 heavy (non-hydrogen) atoms. The van der Waals surface area contributed by atoms with Crippen molar-refractivity contribution in [1.82, 2.24) is 9.78 Å². The van der Waals surface area contributed by atoms with Gasteiger partial charge in [-0.15, -0.1) is 0 Å². The van der Waals surface area contributed by atoms with Gasteiger partial charge in [0.05, 0.1) is 17.4 Å². The summed E-state index contributed by atoms with van der Waals surface area (Å²) in [7, 11) is -3.89. The molecule has 0 unspecified atom stereocenters. The number of aryl methyl sites for hydroxylation is 3. The average molecular weight is 323 g/mol. The van der Waals surface area contributed by atoms with Gasteiger partial charge in [0.1, 0.15) is 4.90 Å². The Bertz CT molecular complexity index is 825. The summed E-state index contributed by atoms with van der Waals surface area (Å²) in [5, 5.41) is 13.2. The van der Waals surface area contributed by atoms with E-state index in [1.165, 1.54) is 23.1 Å². The fourth-order valence-electron chi connectivity index (χ4n) is 2.12. The average Bonchev–Trinajstić information content (AvgIpc) is 2.91. The lowest BCUT2D eigenvalue weighted by molar-refractivity contribution is 0.0698. The lowest BCUT2D eigenvalue weighted by Crippen LogP contribution is -2.16. The Hall–Kier alpha value is -2.35. The molecule has 0 spiro atoms. The summed E-state index contributed by atoms with van der Waals surface area (Å²) >= 11 is 0. The van der Waals surface area contributed by atoms with Gasteiger partial charge in [0, 0.05) is 12.7 Å².